The van der Waals surface area contributed by atoms with Crippen molar-refractivity contribution in [1.82, 2.24) is 10.2 Å². The second-order valence-electron chi connectivity index (χ2n) is 5.91. The molecule has 4 heteroatoms. The zero-order valence-electron chi connectivity index (χ0n) is 11.7. The molecule has 100 valence electrons. The molecule has 0 aromatic carbocycles. The van der Waals surface area contributed by atoms with Gasteiger partial charge in [-0.25, -0.2) is 4.79 Å². The fraction of sp³-hybridized carbons (Fsp3) is 0.923. The topological polar surface area (TPSA) is 41.6 Å². The molecule has 1 heterocycles. The van der Waals surface area contributed by atoms with E-state index < -0.39 is 5.60 Å². The number of nitrogens with one attached hydrogen (secondary N) is 1. The summed E-state index contributed by atoms with van der Waals surface area (Å²) in [6.07, 6.45) is 2.07. The Bertz CT molecular complexity index is 261. The molecule has 2 atom stereocenters. The molecule has 17 heavy (non-hydrogen) atoms. The Morgan fingerprint density at radius 2 is 2.12 bits per heavy atom. The summed E-state index contributed by atoms with van der Waals surface area (Å²) in [7, 11) is 1.97. The predicted molar refractivity (Wildman–Crippen MR) is 69.1 cm³/mol. The van der Waals surface area contributed by atoms with Crippen LogP contribution in [0.15, 0.2) is 0 Å². The lowest BCUT2D eigenvalue weighted by molar-refractivity contribution is 0.0150. The van der Waals surface area contributed by atoms with Crippen LogP contribution in [0, 0.1) is 5.92 Å². The van der Waals surface area contributed by atoms with Gasteiger partial charge in [-0.2, -0.15) is 0 Å². The molecule has 1 N–H and O–H groups in total. The highest BCUT2D eigenvalue weighted by molar-refractivity contribution is 5.68. The lowest BCUT2D eigenvalue weighted by Crippen LogP contribution is -2.47. The second-order valence-corrected chi connectivity index (χ2v) is 5.91. The van der Waals surface area contributed by atoms with Gasteiger partial charge in [-0.1, -0.05) is 0 Å². The molecular formula is C13H26N2O2. The van der Waals surface area contributed by atoms with Crippen LogP contribution in [0.5, 0.6) is 0 Å². The van der Waals surface area contributed by atoms with Crippen molar-refractivity contribution in [2.45, 2.75) is 52.2 Å². The molecular weight excluding hydrogens is 216 g/mol. The minimum Gasteiger partial charge on any atom is -0.444 e. The molecule has 0 radical (unpaired) electrons. The molecule has 1 saturated heterocycles. The fourth-order valence-corrected chi connectivity index (χ4v) is 2.15. The number of nitrogens with zero attached hydrogens (tertiary/aromatic N) is 1. The summed E-state index contributed by atoms with van der Waals surface area (Å²) in [5, 5.41) is 3.26. The Morgan fingerprint density at radius 3 is 2.65 bits per heavy atom. The Morgan fingerprint density at radius 1 is 1.47 bits per heavy atom. The van der Waals surface area contributed by atoms with Gasteiger partial charge in [-0.3, -0.25) is 0 Å². The van der Waals surface area contributed by atoms with Crippen LogP contribution in [0.25, 0.3) is 0 Å². The van der Waals surface area contributed by atoms with Gasteiger partial charge in [0.2, 0.25) is 0 Å². The largest absolute Gasteiger partial charge is 0.444 e. The SMILES string of the molecule is CN[C@@H](C)[C@@H]1CCCN(C(=O)OC(C)(C)C)C1. The number of ether oxygens (including phenoxy) is 1. The van der Waals surface area contributed by atoms with Crippen LogP contribution in [0.2, 0.25) is 0 Å². The van der Waals surface area contributed by atoms with Crippen LogP contribution in [-0.2, 0) is 4.74 Å². The summed E-state index contributed by atoms with van der Waals surface area (Å²) in [4.78, 5) is 13.8. The maximum Gasteiger partial charge on any atom is 0.410 e. The summed E-state index contributed by atoms with van der Waals surface area (Å²) in [6, 6.07) is 0.445. The molecule has 4 nitrogen and oxygen atoms in total. The van der Waals surface area contributed by atoms with Gasteiger partial charge < -0.3 is 15.0 Å². The Kier molecular flexibility index (Phi) is 4.80. The number of piperidine rings is 1. The minimum atomic E-state index is -0.404. The van der Waals surface area contributed by atoms with E-state index in [1.54, 1.807) is 0 Å². The molecule has 1 rings (SSSR count). The molecule has 0 aromatic rings. The summed E-state index contributed by atoms with van der Waals surface area (Å²) in [5.41, 5.74) is -0.404. The Balaban J connectivity index is 2.52. The summed E-state index contributed by atoms with van der Waals surface area (Å²) in [6.45, 7) is 9.51. The van der Waals surface area contributed by atoms with Crippen molar-refractivity contribution in [2.24, 2.45) is 5.92 Å². The molecule has 0 unspecified atom stereocenters. The molecule has 0 aromatic heterocycles. The van der Waals surface area contributed by atoms with Crippen molar-refractivity contribution in [3.8, 4) is 0 Å². The van der Waals surface area contributed by atoms with Crippen molar-refractivity contribution in [3.05, 3.63) is 0 Å². The van der Waals surface area contributed by atoms with Gasteiger partial charge in [-0.15, -0.1) is 0 Å². The summed E-state index contributed by atoms with van der Waals surface area (Å²) in [5.74, 6) is 0.529. The smallest absolute Gasteiger partial charge is 0.410 e. The summed E-state index contributed by atoms with van der Waals surface area (Å²) >= 11 is 0. The first-order valence-corrected chi connectivity index (χ1v) is 6.48. The number of hydrogen-bond acceptors (Lipinski definition) is 3. The zero-order chi connectivity index (χ0) is 13.1. The first-order chi connectivity index (χ1) is 7.83. The highest BCUT2D eigenvalue weighted by Crippen LogP contribution is 2.21. The van der Waals surface area contributed by atoms with E-state index in [2.05, 4.69) is 12.2 Å². The Labute approximate surface area is 105 Å². The third-order valence-electron chi connectivity index (χ3n) is 3.27. The number of amides is 1. The zero-order valence-corrected chi connectivity index (χ0v) is 11.7. The van der Waals surface area contributed by atoms with E-state index in [-0.39, 0.29) is 6.09 Å². The van der Waals surface area contributed by atoms with Crippen LogP contribution < -0.4 is 5.32 Å². The van der Waals surface area contributed by atoms with Crippen molar-refractivity contribution < 1.29 is 9.53 Å². The molecule has 1 aliphatic rings. The normalized spacial score (nSPS) is 23.4. The van der Waals surface area contributed by atoms with Gasteiger partial charge in [0, 0.05) is 19.1 Å². The quantitative estimate of drug-likeness (QED) is 0.807. The molecule has 0 spiro atoms. The maximum atomic E-state index is 12.0. The van der Waals surface area contributed by atoms with Gasteiger partial charge in [-0.05, 0) is 53.5 Å². The van der Waals surface area contributed by atoms with E-state index >= 15 is 0 Å². The average molecular weight is 242 g/mol. The molecule has 1 fully saturated rings. The maximum absolute atomic E-state index is 12.0. The standard InChI is InChI=1S/C13H26N2O2/c1-10(14-5)11-7-6-8-15(9-11)12(16)17-13(2,3)4/h10-11,14H,6-9H2,1-5H3/t10-,11+/m0/s1. The summed E-state index contributed by atoms with van der Waals surface area (Å²) < 4.78 is 5.41. The van der Waals surface area contributed by atoms with Gasteiger partial charge in [0.15, 0.2) is 0 Å². The number of likely N-dealkylation sites (tertiary alicyclic amines) is 1. The first-order valence-electron chi connectivity index (χ1n) is 6.48. The third-order valence-corrected chi connectivity index (χ3v) is 3.27. The van der Waals surface area contributed by atoms with E-state index in [0.29, 0.717) is 12.0 Å². The molecule has 0 saturated carbocycles. The first kappa shape index (κ1) is 14.3. The third kappa shape index (κ3) is 4.54. The second kappa shape index (κ2) is 5.71. The molecule has 1 aliphatic heterocycles. The van der Waals surface area contributed by atoms with Gasteiger partial charge in [0.05, 0.1) is 0 Å². The van der Waals surface area contributed by atoms with E-state index in [0.717, 1.165) is 19.5 Å². The van der Waals surface area contributed by atoms with Crippen LogP contribution >= 0.6 is 0 Å². The number of rotatable bonds is 2. The lowest BCUT2D eigenvalue weighted by Gasteiger charge is -2.36. The monoisotopic (exact) mass is 242 g/mol. The van der Waals surface area contributed by atoms with E-state index in [4.69, 9.17) is 4.74 Å². The molecule has 0 bridgehead atoms. The predicted octanol–water partition coefficient (Wildman–Crippen LogP) is 2.24. The van der Waals surface area contributed by atoms with Gasteiger partial charge >= 0.3 is 6.09 Å². The average Bonchev–Trinajstić information content (AvgIpc) is 2.26. The number of carbonyl (C=O) groups excluding carboxylic acids is 1. The molecule has 1 amide bonds. The number of hydrogen-bond donors (Lipinski definition) is 1. The van der Waals surface area contributed by atoms with E-state index in [1.807, 2.05) is 32.7 Å². The fourth-order valence-electron chi connectivity index (χ4n) is 2.15. The van der Waals surface area contributed by atoms with Crippen molar-refractivity contribution in [3.63, 3.8) is 0 Å². The van der Waals surface area contributed by atoms with Crippen molar-refractivity contribution in [2.75, 3.05) is 20.1 Å². The van der Waals surface area contributed by atoms with Crippen LogP contribution in [0.1, 0.15) is 40.5 Å². The molecule has 0 aliphatic carbocycles. The van der Waals surface area contributed by atoms with Gasteiger partial charge in [0.1, 0.15) is 5.60 Å². The van der Waals surface area contributed by atoms with Gasteiger partial charge in [0.25, 0.3) is 0 Å². The lowest BCUT2D eigenvalue weighted by atomic mass is 9.92. The Hall–Kier alpha value is -0.770. The number of carbonyl (C=O) groups is 1. The highest BCUT2D eigenvalue weighted by atomic mass is 16.6. The minimum absolute atomic E-state index is 0.175. The van der Waals surface area contributed by atoms with Crippen LogP contribution in [-0.4, -0.2) is 42.8 Å². The van der Waals surface area contributed by atoms with Crippen LogP contribution in [0.4, 0.5) is 4.79 Å². The van der Waals surface area contributed by atoms with E-state index in [1.165, 1.54) is 6.42 Å². The van der Waals surface area contributed by atoms with Crippen molar-refractivity contribution >= 4 is 6.09 Å². The van der Waals surface area contributed by atoms with Crippen LogP contribution in [0.3, 0.4) is 0 Å². The highest BCUT2D eigenvalue weighted by Gasteiger charge is 2.29. The van der Waals surface area contributed by atoms with E-state index in [9.17, 15) is 4.79 Å². The van der Waals surface area contributed by atoms with Crippen molar-refractivity contribution in [1.29, 1.82) is 0 Å².